The number of piperidine rings is 1. The number of amidine groups is 1. The number of likely N-dealkylation sites (tertiary alicyclic amines) is 1. The molecule has 5 heteroatoms. The second-order valence-corrected chi connectivity index (χ2v) is 6.18. The standard InChI is InChI=1S/C13H28N4O/c1-13(2,12(14)15-18)7-9-17-8-5-6-11(10-17)16(3)4/h11,18H,5-10H2,1-4H3,(H2,14,15). The molecule has 106 valence electrons. The van der Waals surface area contributed by atoms with Gasteiger partial charge >= 0.3 is 0 Å². The summed E-state index contributed by atoms with van der Waals surface area (Å²) >= 11 is 0. The number of oxime groups is 1. The molecule has 0 aromatic carbocycles. The molecule has 0 spiro atoms. The van der Waals surface area contributed by atoms with Crippen LogP contribution in [0.5, 0.6) is 0 Å². The molecular weight excluding hydrogens is 228 g/mol. The second-order valence-electron chi connectivity index (χ2n) is 6.18. The van der Waals surface area contributed by atoms with E-state index in [9.17, 15) is 0 Å². The van der Waals surface area contributed by atoms with Crippen LogP contribution in [0.3, 0.4) is 0 Å². The number of hydrogen-bond donors (Lipinski definition) is 2. The minimum absolute atomic E-state index is 0.236. The zero-order valence-corrected chi connectivity index (χ0v) is 12.2. The molecule has 1 fully saturated rings. The molecule has 1 saturated heterocycles. The van der Waals surface area contributed by atoms with E-state index < -0.39 is 0 Å². The molecule has 1 aliphatic heterocycles. The fourth-order valence-corrected chi connectivity index (χ4v) is 2.36. The fourth-order valence-electron chi connectivity index (χ4n) is 2.36. The summed E-state index contributed by atoms with van der Waals surface area (Å²) in [4.78, 5) is 4.79. The Kier molecular flexibility index (Phi) is 5.41. The number of hydrogen-bond acceptors (Lipinski definition) is 4. The van der Waals surface area contributed by atoms with E-state index in [0.29, 0.717) is 11.9 Å². The highest BCUT2D eigenvalue weighted by atomic mass is 16.4. The van der Waals surface area contributed by atoms with Gasteiger partial charge in [-0.05, 0) is 46.4 Å². The predicted molar refractivity (Wildman–Crippen MR) is 75.0 cm³/mol. The molecular formula is C13H28N4O. The van der Waals surface area contributed by atoms with Crippen LogP contribution in [0, 0.1) is 5.41 Å². The number of likely N-dealkylation sites (N-methyl/N-ethyl adjacent to an activating group) is 1. The first-order valence-corrected chi connectivity index (χ1v) is 6.73. The third kappa shape index (κ3) is 4.14. The molecule has 1 atom stereocenters. The Morgan fingerprint density at radius 1 is 1.50 bits per heavy atom. The Morgan fingerprint density at radius 2 is 2.17 bits per heavy atom. The van der Waals surface area contributed by atoms with Gasteiger partial charge in [0.05, 0.1) is 0 Å². The molecule has 1 heterocycles. The van der Waals surface area contributed by atoms with Gasteiger partial charge in [-0.2, -0.15) is 0 Å². The second kappa shape index (κ2) is 6.38. The Bertz CT molecular complexity index is 289. The molecule has 5 nitrogen and oxygen atoms in total. The monoisotopic (exact) mass is 256 g/mol. The smallest absolute Gasteiger partial charge is 0.144 e. The lowest BCUT2D eigenvalue weighted by Gasteiger charge is -2.37. The van der Waals surface area contributed by atoms with Gasteiger partial charge in [0.1, 0.15) is 5.84 Å². The van der Waals surface area contributed by atoms with Crippen LogP contribution in [0.25, 0.3) is 0 Å². The zero-order valence-electron chi connectivity index (χ0n) is 12.2. The van der Waals surface area contributed by atoms with E-state index in [4.69, 9.17) is 10.9 Å². The van der Waals surface area contributed by atoms with E-state index in [0.717, 1.165) is 26.1 Å². The molecule has 1 rings (SSSR count). The first-order valence-electron chi connectivity index (χ1n) is 6.73. The van der Waals surface area contributed by atoms with E-state index >= 15 is 0 Å². The summed E-state index contributed by atoms with van der Waals surface area (Å²) in [6, 6.07) is 0.658. The van der Waals surface area contributed by atoms with Crippen LogP contribution in [-0.4, -0.2) is 60.6 Å². The van der Waals surface area contributed by atoms with Gasteiger partial charge in [0.15, 0.2) is 0 Å². The first-order chi connectivity index (χ1) is 8.36. The SMILES string of the molecule is CN(C)C1CCCN(CCC(C)(C)C(N)=NO)C1. The average Bonchev–Trinajstić information content (AvgIpc) is 2.35. The van der Waals surface area contributed by atoms with Gasteiger partial charge in [0.2, 0.25) is 0 Å². The van der Waals surface area contributed by atoms with E-state index in [-0.39, 0.29) is 5.41 Å². The van der Waals surface area contributed by atoms with Crippen LogP contribution in [0.1, 0.15) is 33.1 Å². The van der Waals surface area contributed by atoms with Crippen molar-refractivity contribution in [1.82, 2.24) is 9.80 Å². The van der Waals surface area contributed by atoms with Crippen molar-refractivity contribution in [3.63, 3.8) is 0 Å². The van der Waals surface area contributed by atoms with Crippen LogP contribution in [0.4, 0.5) is 0 Å². The maximum atomic E-state index is 8.76. The Labute approximate surface area is 111 Å². The van der Waals surface area contributed by atoms with E-state index in [1.807, 2.05) is 13.8 Å². The summed E-state index contributed by atoms with van der Waals surface area (Å²) in [6.45, 7) is 7.34. The molecule has 0 radical (unpaired) electrons. The maximum Gasteiger partial charge on any atom is 0.144 e. The van der Waals surface area contributed by atoms with Crippen LogP contribution >= 0.6 is 0 Å². The van der Waals surface area contributed by atoms with Gasteiger partial charge in [-0.3, -0.25) is 0 Å². The summed E-state index contributed by atoms with van der Waals surface area (Å²) in [5.74, 6) is 0.323. The molecule has 3 N–H and O–H groups in total. The van der Waals surface area contributed by atoms with Crippen LogP contribution in [-0.2, 0) is 0 Å². The van der Waals surface area contributed by atoms with E-state index in [1.54, 1.807) is 0 Å². The quantitative estimate of drug-likeness (QED) is 0.335. The molecule has 0 amide bonds. The third-order valence-corrected chi connectivity index (χ3v) is 4.07. The third-order valence-electron chi connectivity index (χ3n) is 4.07. The van der Waals surface area contributed by atoms with Gasteiger partial charge in [-0.15, -0.1) is 0 Å². The number of nitrogens with zero attached hydrogens (tertiary/aromatic N) is 3. The van der Waals surface area contributed by atoms with E-state index in [1.165, 1.54) is 12.8 Å². The lowest BCUT2D eigenvalue weighted by atomic mass is 9.87. The van der Waals surface area contributed by atoms with Crippen LogP contribution < -0.4 is 5.73 Å². The predicted octanol–water partition coefficient (Wildman–Crippen LogP) is 1.18. The first kappa shape index (κ1) is 15.2. The Morgan fingerprint density at radius 3 is 2.72 bits per heavy atom. The summed E-state index contributed by atoms with van der Waals surface area (Å²) in [7, 11) is 4.29. The van der Waals surface area contributed by atoms with Gasteiger partial charge < -0.3 is 20.7 Å². The zero-order chi connectivity index (χ0) is 13.8. The lowest BCUT2D eigenvalue weighted by molar-refractivity contribution is 0.125. The molecule has 1 aliphatic rings. The summed E-state index contributed by atoms with van der Waals surface area (Å²) in [5.41, 5.74) is 5.48. The summed E-state index contributed by atoms with van der Waals surface area (Å²) < 4.78 is 0. The molecule has 18 heavy (non-hydrogen) atoms. The molecule has 0 bridgehead atoms. The fraction of sp³-hybridized carbons (Fsp3) is 0.923. The van der Waals surface area contributed by atoms with Crippen molar-refractivity contribution in [3.8, 4) is 0 Å². The largest absolute Gasteiger partial charge is 0.409 e. The maximum absolute atomic E-state index is 8.76. The number of nitrogens with two attached hydrogens (primary N) is 1. The van der Waals surface area contributed by atoms with Crippen molar-refractivity contribution in [2.75, 3.05) is 33.7 Å². The van der Waals surface area contributed by atoms with Gasteiger partial charge in [0.25, 0.3) is 0 Å². The van der Waals surface area contributed by atoms with Gasteiger partial charge in [-0.1, -0.05) is 19.0 Å². The number of rotatable bonds is 5. The average molecular weight is 256 g/mol. The minimum atomic E-state index is -0.236. The highest BCUT2D eigenvalue weighted by Crippen LogP contribution is 2.22. The van der Waals surface area contributed by atoms with Crippen LogP contribution in [0.2, 0.25) is 0 Å². The Hall–Kier alpha value is -0.810. The summed E-state index contributed by atoms with van der Waals surface area (Å²) in [6.07, 6.45) is 3.46. The van der Waals surface area contributed by atoms with Crippen molar-refractivity contribution in [2.24, 2.45) is 16.3 Å². The molecule has 1 unspecified atom stereocenters. The normalized spacial score (nSPS) is 23.6. The van der Waals surface area contributed by atoms with Gasteiger partial charge in [0, 0.05) is 18.0 Å². The highest BCUT2D eigenvalue weighted by molar-refractivity contribution is 5.85. The minimum Gasteiger partial charge on any atom is -0.409 e. The molecule has 0 aromatic rings. The molecule has 0 saturated carbocycles. The Balaban J connectivity index is 2.44. The molecule has 0 aliphatic carbocycles. The van der Waals surface area contributed by atoms with Crippen molar-refractivity contribution in [1.29, 1.82) is 0 Å². The van der Waals surface area contributed by atoms with Crippen molar-refractivity contribution in [2.45, 2.75) is 39.2 Å². The van der Waals surface area contributed by atoms with Crippen molar-refractivity contribution >= 4 is 5.84 Å². The highest BCUT2D eigenvalue weighted by Gasteiger charge is 2.26. The molecule has 0 aromatic heterocycles. The topological polar surface area (TPSA) is 65.1 Å². The van der Waals surface area contributed by atoms with Crippen molar-refractivity contribution < 1.29 is 5.21 Å². The van der Waals surface area contributed by atoms with Gasteiger partial charge in [-0.25, -0.2) is 0 Å². The summed E-state index contributed by atoms with van der Waals surface area (Å²) in [5, 5.41) is 11.9. The van der Waals surface area contributed by atoms with E-state index in [2.05, 4.69) is 29.1 Å². The van der Waals surface area contributed by atoms with Crippen LogP contribution in [0.15, 0.2) is 5.16 Å². The van der Waals surface area contributed by atoms with Crippen molar-refractivity contribution in [3.05, 3.63) is 0 Å². The lowest BCUT2D eigenvalue weighted by Crippen LogP contribution is -2.46.